The molecule has 2 heteroatoms. The van der Waals surface area contributed by atoms with Crippen molar-refractivity contribution in [3.05, 3.63) is 11.6 Å². The van der Waals surface area contributed by atoms with Crippen molar-refractivity contribution in [1.82, 2.24) is 0 Å². The topological polar surface area (TPSA) is 26.3 Å². The van der Waals surface area contributed by atoms with E-state index in [9.17, 15) is 4.79 Å². The average molecular weight is 196 g/mol. The van der Waals surface area contributed by atoms with E-state index < -0.39 is 0 Å². The first-order valence-electron chi connectivity index (χ1n) is 5.33. The average Bonchev–Trinajstić information content (AvgIpc) is 2.01. The van der Waals surface area contributed by atoms with E-state index in [0.29, 0.717) is 5.92 Å². The van der Waals surface area contributed by atoms with Gasteiger partial charge in [-0.15, -0.1) is 0 Å². The zero-order valence-corrected chi connectivity index (χ0v) is 9.59. The summed E-state index contributed by atoms with van der Waals surface area (Å²) in [6.07, 6.45) is 5.33. The molecule has 0 N–H and O–H groups in total. The maximum Gasteiger partial charge on any atom is 0.334 e. The largest absolute Gasteiger partial charge is 0.457 e. The number of hydrogen-bond acceptors (Lipinski definition) is 2. The molecule has 0 bridgehead atoms. The Morgan fingerprint density at radius 3 is 2.64 bits per heavy atom. The maximum atomic E-state index is 11.7. The van der Waals surface area contributed by atoms with Gasteiger partial charge in [0.2, 0.25) is 0 Å². The highest BCUT2D eigenvalue weighted by Gasteiger charge is 2.24. The van der Waals surface area contributed by atoms with Gasteiger partial charge in [0.15, 0.2) is 0 Å². The van der Waals surface area contributed by atoms with E-state index in [0.717, 1.165) is 18.4 Å². The van der Waals surface area contributed by atoms with Gasteiger partial charge in [0.25, 0.3) is 0 Å². The number of carbonyl (C=O) groups is 1. The van der Waals surface area contributed by atoms with E-state index in [1.807, 2.05) is 26.8 Å². The van der Waals surface area contributed by atoms with Gasteiger partial charge < -0.3 is 4.74 Å². The number of carbonyl (C=O) groups excluding carboxylic acids is 1. The van der Waals surface area contributed by atoms with Gasteiger partial charge in [0, 0.05) is 5.57 Å². The monoisotopic (exact) mass is 196 g/mol. The molecule has 0 saturated carbocycles. The summed E-state index contributed by atoms with van der Waals surface area (Å²) in [7, 11) is 0. The zero-order chi connectivity index (χ0) is 10.8. The molecule has 0 heterocycles. The minimum absolute atomic E-state index is 0.135. The second-order valence-electron chi connectivity index (χ2n) is 4.99. The third-order valence-corrected chi connectivity index (χ3v) is 2.37. The van der Waals surface area contributed by atoms with Crippen LogP contribution in [0.3, 0.4) is 0 Å². The molecular formula is C12H20O2. The van der Waals surface area contributed by atoms with E-state index in [1.165, 1.54) is 6.42 Å². The Morgan fingerprint density at radius 2 is 2.14 bits per heavy atom. The zero-order valence-electron chi connectivity index (χ0n) is 9.59. The minimum Gasteiger partial charge on any atom is -0.457 e. The van der Waals surface area contributed by atoms with E-state index in [4.69, 9.17) is 4.74 Å². The summed E-state index contributed by atoms with van der Waals surface area (Å²) in [6, 6.07) is 0. The van der Waals surface area contributed by atoms with Gasteiger partial charge >= 0.3 is 5.97 Å². The summed E-state index contributed by atoms with van der Waals surface area (Å²) in [5.74, 6) is 0.225. The lowest BCUT2D eigenvalue weighted by molar-refractivity contribution is -0.150. The highest BCUT2D eigenvalue weighted by molar-refractivity contribution is 5.89. The predicted octanol–water partition coefficient (Wildman–Crippen LogP) is 3.07. The molecule has 0 aliphatic heterocycles. The Morgan fingerprint density at radius 1 is 1.50 bits per heavy atom. The second kappa shape index (κ2) is 4.16. The molecule has 0 aromatic heterocycles. The lowest BCUT2D eigenvalue weighted by Crippen LogP contribution is -2.27. The Bertz CT molecular complexity index is 246. The molecule has 0 fully saturated rings. The smallest absolute Gasteiger partial charge is 0.334 e. The maximum absolute atomic E-state index is 11.7. The van der Waals surface area contributed by atoms with E-state index in [1.54, 1.807) is 0 Å². The summed E-state index contributed by atoms with van der Waals surface area (Å²) in [5, 5.41) is 0. The Labute approximate surface area is 86.3 Å². The van der Waals surface area contributed by atoms with Gasteiger partial charge in [-0.1, -0.05) is 13.0 Å². The lowest BCUT2D eigenvalue weighted by atomic mass is 9.89. The van der Waals surface area contributed by atoms with Gasteiger partial charge in [-0.2, -0.15) is 0 Å². The van der Waals surface area contributed by atoms with Crippen molar-refractivity contribution in [3.8, 4) is 0 Å². The van der Waals surface area contributed by atoms with Crippen LogP contribution in [-0.2, 0) is 9.53 Å². The number of rotatable bonds is 1. The molecule has 0 radical (unpaired) electrons. The van der Waals surface area contributed by atoms with Crippen LogP contribution in [0.4, 0.5) is 0 Å². The predicted molar refractivity (Wildman–Crippen MR) is 56.9 cm³/mol. The number of ether oxygens (including phenoxy) is 1. The van der Waals surface area contributed by atoms with Crippen molar-refractivity contribution in [2.75, 3.05) is 0 Å². The minimum atomic E-state index is -0.380. The fraction of sp³-hybridized carbons (Fsp3) is 0.750. The fourth-order valence-electron chi connectivity index (χ4n) is 1.66. The van der Waals surface area contributed by atoms with E-state index >= 15 is 0 Å². The van der Waals surface area contributed by atoms with Crippen LogP contribution >= 0.6 is 0 Å². The van der Waals surface area contributed by atoms with Crippen LogP contribution < -0.4 is 0 Å². The molecule has 2 nitrogen and oxygen atoms in total. The van der Waals surface area contributed by atoms with Crippen LogP contribution in [0.15, 0.2) is 11.6 Å². The van der Waals surface area contributed by atoms with Crippen molar-refractivity contribution >= 4 is 5.97 Å². The Hall–Kier alpha value is -0.790. The van der Waals surface area contributed by atoms with Crippen LogP contribution in [0.2, 0.25) is 0 Å². The molecule has 1 rings (SSSR count). The molecule has 0 saturated heterocycles. The normalized spacial score (nSPS) is 22.9. The highest BCUT2D eigenvalue weighted by Crippen LogP contribution is 2.26. The molecule has 0 amide bonds. The summed E-state index contributed by atoms with van der Waals surface area (Å²) in [4.78, 5) is 11.7. The number of esters is 1. The molecule has 0 spiro atoms. The van der Waals surface area contributed by atoms with Crippen molar-refractivity contribution in [1.29, 1.82) is 0 Å². The SMILES string of the molecule is CC1CCCC=C1C(=O)OC(C)(C)C. The van der Waals surface area contributed by atoms with Crippen molar-refractivity contribution < 1.29 is 9.53 Å². The molecule has 1 aliphatic carbocycles. The Balaban J connectivity index is 2.64. The summed E-state index contributed by atoms with van der Waals surface area (Å²) >= 11 is 0. The first kappa shape index (κ1) is 11.3. The third-order valence-electron chi connectivity index (χ3n) is 2.37. The van der Waals surface area contributed by atoms with Gasteiger partial charge in [0.05, 0.1) is 0 Å². The van der Waals surface area contributed by atoms with Gasteiger partial charge in [-0.3, -0.25) is 0 Å². The first-order chi connectivity index (χ1) is 6.40. The molecule has 0 aromatic rings. The van der Waals surface area contributed by atoms with Crippen LogP contribution in [0.1, 0.15) is 47.0 Å². The van der Waals surface area contributed by atoms with E-state index in [-0.39, 0.29) is 11.6 Å². The van der Waals surface area contributed by atoms with Crippen LogP contribution in [0.25, 0.3) is 0 Å². The van der Waals surface area contributed by atoms with Crippen LogP contribution in [0, 0.1) is 5.92 Å². The van der Waals surface area contributed by atoms with Crippen LogP contribution in [0.5, 0.6) is 0 Å². The molecule has 80 valence electrons. The molecule has 1 aliphatic rings. The van der Waals surface area contributed by atoms with Gasteiger partial charge in [0.1, 0.15) is 5.60 Å². The van der Waals surface area contributed by atoms with Crippen LogP contribution in [-0.4, -0.2) is 11.6 Å². The summed E-state index contributed by atoms with van der Waals surface area (Å²) in [5.41, 5.74) is 0.487. The standard InChI is InChI=1S/C12H20O2/c1-9-7-5-6-8-10(9)11(13)14-12(2,3)4/h8-9H,5-7H2,1-4H3. The molecule has 1 atom stereocenters. The highest BCUT2D eigenvalue weighted by atomic mass is 16.6. The molecule has 14 heavy (non-hydrogen) atoms. The lowest BCUT2D eigenvalue weighted by Gasteiger charge is -2.24. The number of allylic oxidation sites excluding steroid dienone is 1. The quantitative estimate of drug-likeness (QED) is 0.602. The number of hydrogen-bond donors (Lipinski definition) is 0. The molecule has 0 aromatic carbocycles. The van der Waals surface area contributed by atoms with Gasteiger partial charge in [-0.25, -0.2) is 4.79 Å². The van der Waals surface area contributed by atoms with Crippen molar-refractivity contribution in [2.24, 2.45) is 5.92 Å². The Kier molecular flexibility index (Phi) is 3.35. The second-order valence-corrected chi connectivity index (χ2v) is 4.99. The van der Waals surface area contributed by atoms with Crippen molar-refractivity contribution in [3.63, 3.8) is 0 Å². The fourth-order valence-corrected chi connectivity index (χ4v) is 1.66. The molecule has 1 unspecified atom stereocenters. The van der Waals surface area contributed by atoms with Gasteiger partial charge in [-0.05, 0) is 46.0 Å². The molecular weight excluding hydrogens is 176 g/mol. The summed E-state index contributed by atoms with van der Waals surface area (Å²) < 4.78 is 5.34. The van der Waals surface area contributed by atoms with Crippen molar-refractivity contribution in [2.45, 2.75) is 52.6 Å². The first-order valence-corrected chi connectivity index (χ1v) is 5.33. The van der Waals surface area contributed by atoms with E-state index in [2.05, 4.69) is 6.92 Å². The summed E-state index contributed by atoms with van der Waals surface area (Å²) in [6.45, 7) is 7.80. The third kappa shape index (κ3) is 3.17.